The number of hydrogen-bond acceptors (Lipinski definition) is 5. The maximum Gasteiger partial charge on any atom is 0.324 e. The fourth-order valence-electron chi connectivity index (χ4n) is 2.73. The molecule has 0 aliphatic heterocycles. The van der Waals surface area contributed by atoms with Crippen LogP contribution in [-0.2, 0) is 24.3 Å². The smallest absolute Gasteiger partial charge is 0.324 e. The van der Waals surface area contributed by atoms with Crippen LogP contribution in [0.2, 0.25) is 0 Å². The Kier molecular flexibility index (Phi) is 6.71. The Morgan fingerprint density at radius 3 is 2.42 bits per heavy atom. The molecule has 1 aliphatic carbocycles. The highest BCUT2D eigenvalue weighted by Crippen LogP contribution is 2.18. The molecule has 0 saturated heterocycles. The van der Waals surface area contributed by atoms with E-state index in [1.165, 1.54) is 26.0 Å². The van der Waals surface area contributed by atoms with Crippen LogP contribution in [0, 0.1) is 5.82 Å². The maximum absolute atomic E-state index is 13.7. The Hall–Kier alpha value is -2.00. The van der Waals surface area contributed by atoms with Crippen molar-refractivity contribution in [3.8, 4) is 0 Å². The van der Waals surface area contributed by atoms with E-state index in [1.54, 1.807) is 0 Å². The number of benzene rings is 1. The summed E-state index contributed by atoms with van der Waals surface area (Å²) in [6.45, 7) is 2.68. The average Bonchev–Trinajstić information content (AvgIpc) is 3.07. The van der Waals surface area contributed by atoms with Gasteiger partial charge in [-0.3, -0.25) is 9.59 Å². The van der Waals surface area contributed by atoms with E-state index in [4.69, 9.17) is 4.74 Å². The number of carbonyl (C=O) groups is 2. The lowest BCUT2D eigenvalue weighted by atomic mass is 10.2. The quantitative estimate of drug-likeness (QED) is 0.691. The minimum Gasteiger partial charge on any atom is -0.451 e. The molecule has 2 rings (SSSR count). The summed E-state index contributed by atoms with van der Waals surface area (Å²) >= 11 is 0. The van der Waals surface area contributed by atoms with Crippen LogP contribution in [0.4, 0.5) is 4.39 Å². The van der Waals surface area contributed by atoms with Gasteiger partial charge in [-0.2, -0.15) is 4.72 Å². The minimum absolute atomic E-state index is 0.0839. The van der Waals surface area contributed by atoms with Gasteiger partial charge in [0.05, 0.1) is 0 Å². The van der Waals surface area contributed by atoms with Gasteiger partial charge in [0.2, 0.25) is 10.0 Å². The molecule has 7 nitrogen and oxygen atoms in total. The summed E-state index contributed by atoms with van der Waals surface area (Å²) in [5.74, 6) is -2.27. The van der Waals surface area contributed by atoms with Gasteiger partial charge in [-0.05, 0) is 38.8 Å². The first-order valence-corrected chi connectivity index (χ1v) is 9.97. The van der Waals surface area contributed by atoms with E-state index >= 15 is 0 Å². The second-order valence-electron chi connectivity index (χ2n) is 6.34. The zero-order chi connectivity index (χ0) is 19.3. The lowest BCUT2D eigenvalue weighted by Crippen LogP contribution is -2.45. The molecule has 2 atom stereocenters. The number of carbonyl (C=O) groups excluding carboxylic acids is 2. The Bertz CT molecular complexity index is 762. The number of nitrogens with one attached hydrogen (secondary N) is 2. The van der Waals surface area contributed by atoms with Crippen molar-refractivity contribution >= 4 is 21.9 Å². The van der Waals surface area contributed by atoms with Gasteiger partial charge in [-0.1, -0.05) is 25.0 Å². The first kappa shape index (κ1) is 20.3. The second-order valence-corrected chi connectivity index (χ2v) is 8.02. The predicted molar refractivity (Wildman–Crippen MR) is 92.1 cm³/mol. The fourth-order valence-corrected chi connectivity index (χ4v) is 4.00. The van der Waals surface area contributed by atoms with E-state index in [0.29, 0.717) is 0 Å². The van der Waals surface area contributed by atoms with Crippen molar-refractivity contribution in [2.75, 3.05) is 0 Å². The van der Waals surface area contributed by atoms with Crippen molar-refractivity contribution in [2.24, 2.45) is 0 Å². The molecule has 0 bridgehead atoms. The maximum atomic E-state index is 13.7. The van der Waals surface area contributed by atoms with E-state index in [9.17, 15) is 22.4 Å². The Morgan fingerprint density at radius 2 is 1.81 bits per heavy atom. The predicted octanol–water partition coefficient (Wildman–Crippen LogP) is 1.48. The Morgan fingerprint density at radius 1 is 1.19 bits per heavy atom. The standard InChI is InChI=1S/C17H23FN2O5S/c1-11(20-26(23,24)15-10-6-5-9-14(15)18)17(22)25-12(2)16(21)19-13-7-3-4-8-13/h5-6,9-13,20H,3-4,7-8H2,1-2H3,(H,19,21)/t11-,12+/m1/s1. The van der Waals surface area contributed by atoms with Gasteiger partial charge in [0, 0.05) is 6.04 Å². The molecule has 144 valence electrons. The summed E-state index contributed by atoms with van der Waals surface area (Å²) in [5.41, 5.74) is 0. The molecule has 0 spiro atoms. The van der Waals surface area contributed by atoms with Crippen LogP contribution >= 0.6 is 0 Å². The zero-order valence-corrected chi connectivity index (χ0v) is 15.5. The molecule has 1 amide bonds. The topological polar surface area (TPSA) is 102 Å². The highest BCUT2D eigenvalue weighted by atomic mass is 32.2. The van der Waals surface area contributed by atoms with Gasteiger partial charge in [-0.25, -0.2) is 12.8 Å². The number of rotatable bonds is 7. The minimum atomic E-state index is -4.24. The van der Waals surface area contributed by atoms with Gasteiger partial charge < -0.3 is 10.1 Å². The zero-order valence-electron chi connectivity index (χ0n) is 14.7. The molecule has 9 heteroatoms. The largest absolute Gasteiger partial charge is 0.451 e. The summed E-state index contributed by atoms with van der Waals surface area (Å²) in [5, 5.41) is 2.80. The monoisotopic (exact) mass is 386 g/mol. The third-order valence-corrected chi connectivity index (χ3v) is 5.75. The molecule has 26 heavy (non-hydrogen) atoms. The van der Waals surface area contributed by atoms with Crippen LogP contribution in [0.25, 0.3) is 0 Å². The first-order chi connectivity index (χ1) is 12.2. The molecule has 2 N–H and O–H groups in total. The van der Waals surface area contributed by atoms with Gasteiger partial charge in [0.1, 0.15) is 16.8 Å². The molecule has 1 aromatic carbocycles. The van der Waals surface area contributed by atoms with Crippen molar-refractivity contribution in [1.29, 1.82) is 0 Å². The number of sulfonamides is 1. The van der Waals surface area contributed by atoms with E-state index in [2.05, 4.69) is 10.0 Å². The first-order valence-electron chi connectivity index (χ1n) is 8.48. The molecule has 0 unspecified atom stereocenters. The fraction of sp³-hybridized carbons (Fsp3) is 0.529. The average molecular weight is 386 g/mol. The third kappa shape index (κ3) is 5.25. The van der Waals surface area contributed by atoms with Gasteiger partial charge in [0.15, 0.2) is 6.10 Å². The van der Waals surface area contributed by atoms with Crippen LogP contribution in [0.15, 0.2) is 29.2 Å². The molecule has 0 heterocycles. The third-order valence-electron chi connectivity index (χ3n) is 4.18. The highest BCUT2D eigenvalue weighted by molar-refractivity contribution is 7.89. The molecule has 1 aromatic rings. The molecule has 0 aromatic heterocycles. The highest BCUT2D eigenvalue weighted by Gasteiger charge is 2.28. The molecular formula is C17H23FN2O5S. The summed E-state index contributed by atoms with van der Waals surface area (Å²) < 4.78 is 45.1. The van der Waals surface area contributed by atoms with Crippen LogP contribution in [0.5, 0.6) is 0 Å². The van der Waals surface area contributed by atoms with Crippen molar-refractivity contribution in [2.45, 2.75) is 62.6 Å². The lowest BCUT2D eigenvalue weighted by Gasteiger charge is -2.19. The number of hydrogen-bond donors (Lipinski definition) is 2. The second kappa shape index (κ2) is 8.59. The normalized spacial score (nSPS) is 17.5. The number of ether oxygens (including phenoxy) is 1. The number of esters is 1. The van der Waals surface area contributed by atoms with Crippen molar-refractivity contribution < 1.29 is 27.1 Å². The Labute approximate surface area is 152 Å². The molecule has 1 aliphatic rings. The summed E-state index contributed by atoms with van der Waals surface area (Å²) in [4.78, 5) is 23.5. The van der Waals surface area contributed by atoms with Crippen LogP contribution in [0.3, 0.4) is 0 Å². The van der Waals surface area contributed by atoms with E-state index in [-0.39, 0.29) is 6.04 Å². The summed E-state index contributed by atoms with van der Waals surface area (Å²) in [7, 11) is -4.24. The van der Waals surface area contributed by atoms with Gasteiger partial charge in [0.25, 0.3) is 5.91 Å². The molecular weight excluding hydrogens is 363 g/mol. The van der Waals surface area contributed by atoms with Crippen LogP contribution in [0.1, 0.15) is 39.5 Å². The van der Waals surface area contributed by atoms with Crippen LogP contribution in [-0.4, -0.2) is 38.5 Å². The Balaban J connectivity index is 1.92. The lowest BCUT2D eigenvalue weighted by molar-refractivity contribution is -0.156. The van der Waals surface area contributed by atoms with Crippen molar-refractivity contribution in [1.82, 2.24) is 10.0 Å². The summed E-state index contributed by atoms with van der Waals surface area (Å²) in [6, 6.07) is 3.63. The van der Waals surface area contributed by atoms with Crippen molar-refractivity contribution in [3.63, 3.8) is 0 Å². The molecule has 0 radical (unpaired) electrons. The van der Waals surface area contributed by atoms with Crippen LogP contribution < -0.4 is 10.0 Å². The van der Waals surface area contributed by atoms with E-state index < -0.39 is 44.8 Å². The van der Waals surface area contributed by atoms with Crippen molar-refractivity contribution in [3.05, 3.63) is 30.1 Å². The number of amides is 1. The van der Waals surface area contributed by atoms with E-state index in [0.717, 1.165) is 37.8 Å². The SMILES string of the molecule is C[C@H](OC(=O)[C@@H](C)NS(=O)(=O)c1ccccc1F)C(=O)NC1CCCC1. The van der Waals surface area contributed by atoms with Gasteiger partial charge in [-0.15, -0.1) is 0 Å². The summed E-state index contributed by atoms with van der Waals surface area (Å²) in [6.07, 6.45) is 2.84. The van der Waals surface area contributed by atoms with Gasteiger partial charge >= 0.3 is 5.97 Å². The van der Waals surface area contributed by atoms with E-state index in [1.807, 2.05) is 0 Å². The molecule has 1 fully saturated rings. The number of halogens is 1. The molecule has 1 saturated carbocycles.